The summed E-state index contributed by atoms with van der Waals surface area (Å²) in [5, 5.41) is 10.6. The number of benzene rings is 1. The van der Waals surface area contributed by atoms with Crippen LogP contribution in [0.4, 0.5) is 0 Å². The van der Waals surface area contributed by atoms with Crippen molar-refractivity contribution in [3.63, 3.8) is 0 Å². The summed E-state index contributed by atoms with van der Waals surface area (Å²) in [6.45, 7) is 1.91. The van der Waals surface area contributed by atoms with Gasteiger partial charge in [0.2, 0.25) is 5.91 Å². The summed E-state index contributed by atoms with van der Waals surface area (Å²) >= 11 is 0. The minimum atomic E-state index is -0.422. The van der Waals surface area contributed by atoms with Crippen LogP contribution in [0, 0.1) is 0 Å². The molecule has 120 valence electrons. The van der Waals surface area contributed by atoms with E-state index in [1.165, 1.54) is 0 Å². The van der Waals surface area contributed by atoms with E-state index in [-0.39, 0.29) is 12.5 Å². The van der Waals surface area contributed by atoms with E-state index in [0.717, 1.165) is 29.9 Å². The molecular weight excluding hydrogens is 294 g/mol. The summed E-state index contributed by atoms with van der Waals surface area (Å²) < 4.78 is 1.66. The monoisotopic (exact) mass is 313 g/mol. The van der Waals surface area contributed by atoms with Crippen molar-refractivity contribution in [2.24, 2.45) is 5.73 Å². The molecule has 4 N–H and O–H groups in total. The fraction of sp³-hybridized carbons (Fsp3) is 0.312. The minimum absolute atomic E-state index is 0.0644. The van der Waals surface area contributed by atoms with E-state index in [1.807, 2.05) is 18.2 Å². The first-order chi connectivity index (χ1) is 11.1. The highest BCUT2D eigenvalue weighted by atomic mass is 16.2. The highest BCUT2D eigenvalue weighted by Crippen LogP contribution is 2.18. The molecule has 1 aromatic heterocycles. The second-order valence-corrected chi connectivity index (χ2v) is 5.47. The lowest BCUT2D eigenvalue weighted by Gasteiger charge is -2.15. The van der Waals surface area contributed by atoms with Crippen molar-refractivity contribution in [3.8, 4) is 0 Å². The molecular formula is C16H19N5O2. The quantitative estimate of drug-likeness (QED) is 0.720. The van der Waals surface area contributed by atoms with Crippen molar-refractivity contribution in [2.75, 3.05) is 6.54 Å². The number of hydrogen-bond acceptors (Lipinski definition) is 4. The van der Waals surface area contributed by atoms with Crippen LogP contribution in [0.5, 0.6) is 0 Å². The van der Waals surface area contributed by atoms with Gasteiger partial charge in [0.05, 0.1) is 12.2 Å². The molecule has 3 rings (SSSR count). The molecule has 7 heteroatoms. The van der Waals surface area contributed by atoms with Gasteiger partial charge in [0.15, 0.2) is 0 Å². The Morgan fingerprint density at radius 2 is 2.09 bits per heavy atom. The Morgan fingerprint density at radius 3 is 2.83 bits per heavy atom. The number of nitrogens with one attached hydrogen (secondary N) is 2. The molecule has 7 nitrogen and oxygen atoms in total. The molecule has 1 aliphatic rings. The van der Waals surface area contributed by atoms with Gasteiger partial charge >= 0.3 is 0 Å². The summed E-state index contributed by atoms with van der Waals surface area (Å²) in [7, 11) is 0. The molecule has 0 bridgehead atoms. The molecule has 2 aromatic rings. The summed E-state index contributed by atoms with van der Waals surface area (Å²) in [4.78, 5) is 23.3. The van der Waals surface area contributed by atoms with Crippen molar-refractivity contribution in [2.45, 2.75) is 26.1 Å². The van der Waals surface area contributed by atoms with Gasteiger partial charge in [-0.2, -0.15) is 5.10 Å². The standard InChI is InChI=1S/C16H19N5O2/c17-15(22)10-21-14-6-7-18-8-12(14)13(20-21)9-19-16(23)11-4-2-1-3-5-11/h1-5,18H,6-10H2,(H2,17,22)(H,19,23). The largest absolute Gasteiger partial charge is 0.368 e. The summed E-state index contributed by atoms with van der Waals surface area (Å²) in [5.74, 6) is -0.568. The lowest BCUT2D eigenvalue weighted by atomic mass is 10.1. The Bertz CT molecular complexity index is 724. The number of hydrogen-bond donors (Lipinski definition) is 3. The number of nitrogens with two attached hydrogens (primary N) is 1. The zero-order valence-electron chi connectivity index (χ0n) is 12.7. The maximum Gasteiger partial charge on any atom is 0.251 e. The van der Waals surface area contributed by atoms with E-state index in [9.17, 15) is 9.59 Å². The molecule has 1 aromatic carbocycles. The van der Waals surface area contributed by atoms with E-state index in [1.54, 1.807) is 16.8 Å². The van der Waals surface area contributed by atoms with Crippen molar-refractivity contribution < 1.29 is 9.59 Å². The van der Waals surface area contributed by atoms with Gasteiger partial charge in [-0.05, 0) is 12.1 Å². The van der Waals surface area contributed by atoms with Crippen molar-refractivity contribution in [1.29, 1.82) is 0 Å². The van der Waals surface area contributed by atoms with Crippen molar-refractivity contribution >= 4 is 11.8 Å². The van der Waals surface area contributed by atoms with Crippen LogP contribution in [0.1, 0.15) is 27.3 Å². The maximum atomic E-state index is 12.1. The molecule has 0 saturated heterocycles. The molecule has 0 fully saturated rings. The van der Waals surface area contributed by atoms with E-state index in [2.05, 4.69) is 15.7 Å². The third kappa shape index (κ3) is 3.40. The van der Waals surface area contributed by atoms with Crippen LogP contribution >= 0.6 is 0 Å². The Labute approximate surface area is 133 Å². The Kier molecular flexibility index (Phi) is 4.38. The molecule has 0 unspecified atom stereocenters. The highest BCUT2D eigenvalue weighted by Gasteiger charge is 2.21. The molecule has 0 saturated carbocycles. The van der Waals surface area contributed by atoms with Crippen LogP contribution in [0.3, 0.4) is 0 Å². The first-order valence-corrected chi connectivity index (χ1v) is 7.55. The van der Waals surface area contributed by atoms with Gasteiger partial charge in [0.25, 0.3) is 5.91 Å². The zero-order valence-corrected chi connectivity index (χ0v) is 12.7. The van der Waals surface area contributed by atoms with E-state index in [4.69, 9.17) is 5.73 Å². The summed E-state index contributed by atoms with van der Waals surface area (Å²) in [6, 6.07) is 9.03. The van der Waals surface area contributed by atoms with Gasteiger partial charge in [-0.1, -0.05) is 18.2 Å². The zero-order chi connectivity index (χ0) is 16.2. The van der Waals surface area contributed by atoms with Gasteiger partial charge < -0.3 is 16.4 Å². The van der Waals surface area contributed by atoms with Crippen LogP contribution in [-0.4, -0.2) is 28.1 Å². The van der Waals surface area contributed by atoms with E-state index >= 15 is 0 Å². The lowest BCUT2D eigenvalue weighted by Crippen LogP contribution is -2.28. The third-order valence-electron chi connectivity index (χ3n) is 3.85. The van der Waals surface area contributed by atoms with Crippen LogP contribution in [0.15, 0.2) is 30.3 Å². The van der Waals surface area contributed by atoms with Crippen molar-refractivity contribution in [3.05, 3.63) is 52.8 Å². The molecule has 23 heavy (non-hydrogen) atoms. The fourth-order valence-corrected chi connectivity index (χ4v) is 2.77. The molecule has 2 amide bonds. The normalized spacial score (nSPS) is 13.4. The number of rotatable bonds is 5. The lowest BCUT2D eigenvalue weighted by molar-refractivity contribution is -0.118. The number of nitrogens with zero attached hydrogens (tertiary/aromatic N) is 2. The van der Waals surface area contributed by atoms with E-state index in [0.29, 0.717) is 18.7 Å². The highest BCUT2D eigenvalue weighted by molar-refractivity contribution is 5.94. The third-order valence-corrected chi connectivity index (χ3v) is 3.85. The second-order valence-electron chi connectivity index (χ2n) is 5.47. The summed E-state index contributed by atoms with van der Waals surface area (Å²) in [5.41, 5.74) is 8.73. The Balaban J connectivity index is 1.76. The molecule has 1 aliphatic heterocycles. The SMILES string of the molecule is NC(=O)Cn1nc(CNC(=O)c2ccccc2)c2c1CCNC2. The molecule has 2 heterocycles. The molecule has 0 aliphatic carbocycles. The number of primary amides is 1. The molecule has 0 radical (unpaired) electrons. The number of carbonyl (C=O) groups excluding carboxylic acids is 2. The number of fused-ring (bicyclic) bond motifs is 1. The number of amides is 2. The van der Waals surface area contributed by atoms with Crippen molar-refractivity contribution in [1.82, 2.24) is 20.4 Å². The van der Waals surface area contributed by atoms with E-state index < -0.39 is 5.91 Å². The second kappa shape index (κ2) is 6.62. The predicted molar refractivity (Wildman–Crippen MR) is 84.4 cm³/mol. The summed E-state index contributed by atoms with van der Waals surface area (Å²) in [6.07, 6.45) is 0.794. The average molecular weight is 313 g/mol. The first-order valence-electron chi connectivity index (χ1n) is 7.55. The average Bonchev–Trinajstić information content (AvgIpc) is 2.91. The Hall–Kier alpha value is -2.67. The van der Waals surface area contributed by atoms with Crippen LogP contribution < -0.4 is 16.4 Å². The van der Waals surface area contributed by atoms with Gasteiger partial charge in [-0.25, -0.2) is 0 Å². The fourth-order valence-electron chi connectivity index (χ4n) is 2.77. The molecule has 0 atom stereocenters. The maximum absolute atomic E-state index is 12.1. The number of aromatic nitrogens is 2. The predicted octanol–water partition coefficient (Wildman–Crippen LogP) is -0.0559. The smallest absolute Gasteiger partial charge is 0.251 e. The number of carbonyl (C=O) groups is 2. The van der Waals surface area contributed by atoms with Crippen LogP contribution in [0.2, 0.25) is 0 Å². The topological polar surface area (TPSA) is 102 Å². The molecule has 0 spiro atoms. The van der Waals surface area contributed by atoms with Gasteiger partial charge in [0.1, 0.15) is 6.54 Å². The van der Waals surface area contributed by atoms with Gasteiger partial charge in [-0.15, -0.1) is 0 Å². The van der Waals surface area contributed by atoms with Gasteiger partial charge in [-0.3, -0.25) is 14.3 Å². The minimum Gasteiger partial charge on any atom is -0.368 e. The van der Waals surface area contributed by atoms with Crippen LogP contribution in [-0.2, 0) is 30.8 Å². The van der Waals surface area contributed by atoms with Gasteiger partial charge in [0, 0.05) is 36.3 Å². The van der Waals surface area contributed by atoms with Crippen LogP contribution in [0.25, 0.3) is 0 Å². The first kappa shape index (κ1) is 15.2. The Morgan fingerprint density at radius 1 is 1.30 bits per heavy atom.